The van der Waals surface area contributed by atoms with Gasteiger partial charge < -0.3 is 13.9 Å². The van der Waals surface area contributed by atoms with E-state index in [0.717, 1.165) is 12.8 Å². The van der Waals surface area contributed by atoms with E-state index in [0.29, 0.717) is 18.6 Å². The Bertz CT molecular complexity index is 609. The Hall–Kier alpha value is -1.17. The summed E-state index contributed by atoms with van der Waals surface area (Å²) in [5, 5.41) is 0.172. The molecule has 0 spiro atoms. The van der Waals surface area contributed by atoms with Crippen LogP contribution in [0.2, 0.25) is 18.1 Å². The fraction of sp³-hybridized carbons (Fsp3) is 0.696. The van der Waals surface area contributed by atoms with Crippen molar-refractivity contribution in [3.05, 3.63) is 35.9 Å². The normalized spacial score (nSPS) is 23.0. The van der Waals surface area contributed by atoms with E-state index in [1.54, 1.807) is 12.1 Å². The van der Waals surface area contributed by atoms with E-state index in [4.69, 9.17) is 13.9 Å². The van der Waals surface area contributed by atoms with E-state index >= 15 is 0 Å². The average Bonchev–Trinajstić information content (AvgIpc) is 3.02. The number of benzene rings is 1. The van der Waals surface area contributed by atoms with Crippen molar-refractivity contribution in [3.8, 4) is 0 Å². The van der Waals surface area contributed by atoms with E-state index in [2.05, 4.69) is 40.8 Å². The molecule has 3 atom stereocenters. The molecule has 5 heteroatoms. The summed E-state index contributed by atoms with van der Waals surface area (Å²) >= 11 is 0. The zero-order chi connectivity index (χ0) is 20.8. The number of hydrogen-bond donors (Lipinski definition) is 0. The summed E-state index contributed by atoms with van der Waals surface area (Å²) < 4.78 is 18.5. The Labute approximate surface area is 172 Å². The predicted molar refractivity (Wildman–Crippen MR) is 116 cm³/mol. The number of ether oxygens (including phenoxy) is 2. The number of carbonyl (C=O) groups excluding carboxylic acids is 1. The average molecular weight is 407 g/mol. The van der Waals surface area contributed by atoms with Crippen molar-refractivity contribution in [1.29, 1.82) is 0 Å². The molecule has 1 heterocycles. The van der Waals surface area contributed by atoms with Gasteiger partial charge in [-0.05, 0) is 36.7 Å². The van der Waals surface area contributed by atoms with E-state index in [1.165, 1.54) is 12.8 Å². The summed E-state index contributed by atoms with van der Waals surface area (Å²) in [6.07, 6.45) is 4.83. The number of rotatable bonds is 9. The van der Waals surface area contributed by atoms with Gasteiger partial charge in [-0.15, -0.1) is 0 Å². The van der Waals surface area contributed by atoms with Gasteiger partial charge in [0.15, 0.2) is 8.32 Å². The molecule has 0 aliphatic carbocycles. The molecule has 0 unspecified atom stereocenters. The van der Waals surface area contributed by atoms with Crippen LogP contribution in [0.1, 0.15) is 70.2 Å². The highest BCUT2D eigenvalue weighted by Gasteiger charge is 2.41. The molecule has 0 amide bonds. The lowest BCUT2D eigenvalue weighted by atomic mass is 10.0. The summed E-state index contributed by atoms with van der Waals surface area (Å²) in [4.78, 5) is 12.5. The molecule has 0 bridgehead atoms. The van der Waals surface area contributed by atoms with E-state index in [-0.39, 0.29) is 29.3 Å². The molecule has 1 saturated heterocycles. The SMILES string of the molecule is CCCCC[C@@H]1O[C@H](CO[Si](C)(C)C(C)(C)C)C[C@@H]1OC(=O)c1ccccc1. The van der Waals surface area contributed by atoms with Crippen LogP contribution in [0.3, 0.4) is 0 Å². The van der Waals surface area contributed by atoms with Crippen molar-refractivity contribution < 1.29 is 18.7 Å². The predicted octanol–water partition coefficient (Wildman–Crippen LogP) is 5.97. The molecule has 1 aromatic rings. The van der Waals surface area contributed by atoms with Crippen molar-refractivity contribution in [2.45, 2.75) is 96.2 Å². The molecule has 0 saturated carbocycles. The minimum absolute atomic E-state index is 0.00525. The van der Waals surface area contributed by atoms with Crippen LogP contribution in [-0.2, 0) is 13.9 Å². The molecular formula is C23H38O4Si. The van der Waals surface area contributed by atoms with Crippen LogP contribution in [0, 0.1) is 0 Å². The van der Waals surface area contributed by atoms with Crippen LogP contribution in [0.25, 0.3) is 0 Å². The fourth-order valence-corrected chi connectivity index (χ4v) is 4.22. The molecule has 1 aromatic carbocycles. The molecule has 28 heavy (non-hydrogen) atoms. The molecule has 1 fully saturated rings. The van der Waals surface area contributed by atoms with Crippen molar-refractivity contribution >= 4 is 14.3 Å². The van der Waals surface area contributed by atoms with Gasteiger partial charge in [-0.1, -0.05) is 65.2 Å². The van der Waals surface area contributed by atoms with Crippen LogP contribution < -0.4 is 0 Å². The third-order valence-electron chi connectivity index (χ3n) is 6.07. The van der Waals surface area contributed by atoms with Crippen molar-refractivity contribution in [3.63, 3.8) is 0 Å². The lowest BCUT2D eigenvalue weighted by molar-refractivity contribution is -0.0244. The second-order valence-electron chi connectivity index (χ2n) is 9.41. The maximum Gasteiger partial charge on any atom is 0.338 e. The molecule has 0 N–H and O–H groups in total. The molecule has 1 aliphatic rings. The van der Waals surface area contributed by atoms with Gasteiger partial charge in [-0.25, -0.2) is 4.79 Å². The van der Waals surface area contributed by atoms with Crippen molar-refractivity contribution in [2.24, 2.45) is 0 Å². The van der Waals surface area contributed by atoms with Crippen molar-refractivity contribution in [2.75, 3.05) is 6.61 Å². The zero-order valence-corrected chi connectivity index (χ0v) is 19.5. The van der Waals surface area contributed by atoms with Gasteiger partial charge in [0.1, 0.15) is 6.10 Å². The summed E-state index contributed by atoms with van der Waals surface area (Å²) in [5.41, 5.74) is 0.593. The molecule has 0 aromatic heterocycles. The first kappa shape index (κ1) is 23.1. The number of hydrogen-bond acceptors (Lipinski definition) is 4. The molecule has 1 aliphatic heterocycles. The Kier molecular flexibility index (Phi) is 8.28. The maximum absolute atomic E-state index is 12.5. The van der Waals surface area contributed by atoms with Gasteiger partial charge in [0, 0.05) is 6.42 Å². The van der Waals surface area contributed by atoms with Crippen LogP contribution in [0.4, 0.5) is 0 Å². The quantitative estimate of drug-likeness (QED) is 0.288. The van der Waals surface area contributed by atoms with E-state index < -0.39 is 8.32 Å². The minimum Gasteiger partial charge on any atom is -0.456 e. The summed E-state index contributed by atoms with van der Waals surface area (Å²) in [6.45, 7) is 14.0. The third-order valence-corrected chi connectivity index (χ3v) is 10.6. The van der Waals surface area contributed by atoms with E-state index in [9.17, 15) is 4.79 Å². The molecular weight excluding hydrogens is 368 g/mol. The third kappa shape index (κ3) is 6.43. The summed E-state index contributed by atoms with van der Waals surface area (Å²) in [6, 6.07) is 9.20. The largest absolute Gasteiger partial charge is 0.456 e. The van der Waals surface area contributed by atoms with Gasteiger partial charge in [0.2, 0.25) is 0 Å². The lowest BCUT2D eigenvalue weighted by Gasteiger charge is -2.36. The first-order chi connectivity index (χ1) is 13.1. The highest BCUT2D eigenvalue weighted by atomic mass is 28.4. The fourth-order valence-electron chi connectivity index (χ4n) is 3.18. The van der Waals surface area contributed by atoms with Gasteiger partial charge in [0.05, 0.1) is 24.4 Å². The zero-order valence-electron chi connectivity index (χ0n) is 18.5. The second-order valence-corrected chi connectivity index (χ2v) is 14.2. The van der Waals surface area contributed by atoms with Gasteiger partial charge in [-0.2, -0.15) is 0 Å². The molecule has 158 valence electrons. The highest BCUT2D eigenvalue weighted by molar-refractivity contribution is 6.74. The van der Waals surface area contributed by atoms with Gasteiger partial charge >= 0.3 is 5.97 Å². The first-order valence-corrected chi connectivity index (χ1v) is 13.6. The van der Waals surface area contributed by atoms with Crippen LogP contribution >= 0.6 is 0 Å². The lowest BCUT2D eigenvalue weighted by Crippen LogP contribution is -2.42. The monoisotopic (exact) mass is 406 g/mol. The topological polar surface area (TPSA) is 44.8 Å². The standard InChI is InChI=1S/C23H38O4Si/c1-7-8-10-15-20-21(27-22(24)18-13-11-9-12-14-18)16-19(26-20)17-25-28(5,6)23(2,3)4/h9,11-14,19-21H,7-8,10,15-17H2,1-6H3/t19-,20-,21-/m0/s1. The Balaban J connectivity index is 1.98. The van der Waals surface area contributed by atoms with E-state index in [1.807, 2.05) is 18.2 Å². The minimum atomic E-state index is -1.82. The smallest absolute Gasteiger partial charge is 0.338 e. The van der Waals surface area contributed by atoms with Crippen LogP contribution in [0.15, 0.2) is 30.3 Å². The van der Waals surface area contributed by atoms with Crippen LogP contribution in [-0.4, -0.2) is 39.2 Å². The summed E-state index contributed by atoms with van der Waals surface area (Å²) in [5.74, 6) is -0.263. The first-order valence-electron chi connectivity index (χ1n) is 10.7. The molecule has 0 radical (unpaired) electrons. The number of carbonyl (C=O) groups is 1. The Morgan fingerprint density at radius 1 is 1.18 bits per heavy atom. The number of unbranched alkanes of at least 4 members (excludes halogenated alkanes) is 2. The molecule has 2 rings (SSSR count). The highest BCUT2D eigenvalue weighted by Crippen LogP contribution is 2.37. The molecule has 4 nitrogen and oxygen atoms in total. The second kappa shape index (κ2) is 10.0. The Morgan fingerprint density at radius 2 is 1.86 bits per heavy atom. The Morgan fingerprint density at radius 3 is 2.46 bits per heavy atom. The maximum atomic E-state index is 12.5. The number of esters is 1. The van der Waals surface area contributed by atoms with Crippen molar-refractivity contribution in [1.82, 2.24) is 0 Å². The van der Waals surface area contributed by atoms with Crippen LogP contribution in [0.5, 0.6) is 0 Å². The van der Waals surface area contributed by atoms with Gasteiger partial charge in [0.25, 0.3) is 0 Å². The summed E-state index contributed by atoms with van der Waals surface area (Å²) in [7, 11) is -1.82. The van der Waals surface area contributed by atoms with Gasteiger partial charge in [-0.3, -0.25) is 0 Å².